The molecule has 0 saturated heterocycles. The smallest absolute Gasteiger partial charge is 0.241 e. The molecule has 0 bridgehead atoms. The highest BCUT2D eigenvalue weighted by Crippen LogP contribution is 2.45. The molecule has 2 aromatic rings. The van der Waals surface area contributed by atoms with Crippen LogP contribution in [0.5, 0.6) is 0 Å². The second-order valence-corrected chi connectivity index (χ2v) is 9.28. The highest BCUT2D eigenvalue weighted by molar-refractivity contribution is 5.88. The van der Waals surface area contributed by atoms with Crippen molar-refractivity contribution < 1.29 is 13.6 Å². The van der Waals surface area contributed by atoms with Gasteiger partial charge in [-0.3, -0.25) is 4.79 Å². The lowest BCUT2D eigenvalue weighted by Gasteiger charge is -2.40. The Morgan fingerprint density at radius 1 is 1.19 bits per heavy atom. The van der Waals surface area contributed by atoms with Crippen LogP contribution in [0.4, 0.5) is 8.78 Å². The molecule has 6 heteroatoms. The number of hydrogen-bond donors (Lipinski definition) is 1. The molecule has 4 nitrogen and oxygen atoms in total. The van der Waals surface area contributed by atoms with Gasteiger partial charge in [0.05, 0.1) is 11.6 Å². The molecule has 2 aromatic carbocycles. The maximum Gasteiger partial charge on any atom is 0.241 e. The summed E-state index contributed by atoms with van der Waals surface area (Å²) in [4.78, 5) is 17.5. The number of nitrogens with two attached hydrogens (primary N) is 1. The molecule has 2 atom stereocenters. The van der Waals surface area contributed by atoms with Crippen molar-refractivity contribution in [1.29, 1.82) is 0 Å². The van der Waals surface area contributed by atoms with E-state index in [0.29, 0.717) is 12.0 Å². The highest BCUT2D eigenvalue weighted by atomic mass is 19.1. The summed E-state index contributed by atoms with van der Waals surface area (Å²) in [6.45, 7) is 1.05. The van der Waals surface area contributed by atoms with Crippen LogP contribution in [0.25, 0.3) is 5.57 Å². The number of benzene rings is 2. The number of carbonyl (C=O) groups is 1. The van der Waals surface area contributed by atoms with Crippen molar-refractivity contribution in [3.8, 4) is 0 Å². The quantitative estimate of drug-likeness (QED) is 0.672. The molecule has 1 fully saturated rings. The average molecular weight is 440 g/mol. The minimum Gasteiger partial charge on any atom is -0.324 e. The molecule has 0 aromatic heterocycles. The minimum atomic E-state index is -0.755. The SMILES string of the molecule is CN(C)CCC[C@@]1(c2ccccc2)C=C(c2cc(F)ccc2F)CN1C(=O)[C@@H](N)C1CC1. The van der Waals surface area contributed by atoms with E-state index in [2.05, 4.69) is 4.90 Å². The Morgan fingerprint density at radius 2 is 1.91 bits per heavy atom. The van der Waals surface area contributed by atoms with Crippen molar-refractivity contribution in [2.75, 3.05) is 27.2 Å². The van der Waals surface area contributed by atoms with Gasteiger partial charge in [0.15, 0.2) is 0 Å². The lowest BCUT2D eigenvalue weighted by molar-refractivity contribution is -0.137. The summed E-state index contributed by atoms with van der Waals surface area (Å²) in [5.74, 6) is -0.912. The minimum absolute atomic E-state index is 0.121. The summed E-state index contributed by atoms with van der Waals surface area (Å²) in [6, 6.07) is 12.7. The summed E-state index contributed by atoms with van der Waals surface area (Å²) in [5, 5.41) is 0. The number of carbonyl (C=O) groups excluding carboxylic acids is 1. The molecule has 2 N–H and O–H groups in total. The maximum atomic E-state index is 14.7. The van der Waals surface area contributed by atoms with Gasteiger partial charge in [0.1, 0.15) is 11.6 Å². The van der Waals surface area contributed by atoms with E-state index in [1.165, 1.54) is 6.07 Å². The standard InChI is InChI=1S/C26H31F2N3O/c1-30(2)14-6-13-26(20-7-4-3-5-8-20)16-19(22-15-21(27)11-12-23(22)28)17-31(26)25(32)24(29)18-9-10-18/h3-5,7-8,11-12,15-16,18,24H,6,9-10,13-14,17,29H2,1-2H3/t24-,26-/m0/s1. The van der Waals surface area contributed by atoms with E-state index in [4.69, 9.17) is 5.73 Å². The van der Waals surface area contributed by atoms with E-state index in [0.717, 1.165) is 43.5 Å². The molecule has 1 saturated carbocycles. The maximum absolute atomic E-state index is 14.7. The van der Waals surface area contributed by atoms with Crippen LogP contribution in [0, 0.1) is 17.6 Å². The normalized spacial score (nSPS) is 21.7. The van der Waals surface area contributed by atoms with Crippen LogP contribution >= 0.6 is 0 Å². The Hall–Kier alpha value is -2.57. The van der Waals surface area contributed by atoms with Crippen LogP contribution in [0.1, 0.15) is 36.8 Å². The third-order valence-electron chi connectivity index (χ3n) is 6.62. The fourth-order valence-corrected chi connectivity index (χ4v) is 4.72. The van der Waals surface area contributed by atoms with Gasteiger partial charge in [-0.05, 0) is 87.7 Å². The van der Waals surface area contributed by atoms with Crippen LogP contribution < -0.4 is 5.73 Å². The fraction of sp³-hybridized carbons (Fsp3) is 0.423. The van der Waals surface area contributed by atoms with Gasteiger partial charge in [0.25, 0.3) is 0 Å². The topological polar surface area (TPSA) is 49.6 Å². The van der Waals surface area contributed by atoms with Gasteiger partial charge in [-0.25, -0.2) is 8.78 Å². The van der Waals surface area contributed by atoms with Gasteiger partial charge in [-0.2, -0.15) is 0 Å². The van der Waals surface area contributed by atoms with Crippen molar-refractivity contribution >= 4 is 11.5 Å². The van der Waals surface area contributed by atoms with E-state index in [1.54, 1.807) is 4.90 Å². The lowest BCUT2D eigenvalue weighted by Crippen LogP contribution is -2.52. The van der Waals surface area contributed by atoms with Crippen molar-refractivity contribution in [1.82, 2.24) is 9.80 Å². The van der Waals surface area contributed by atoms with Gasteiger partial charge in [0.2, 0.25) is 5.91 Å². The third kappa shape index (κ3) is 4.48. The van der Waals surface area contributed by atoms with Gasteiger partial charge in [-0.15, -0.1) is 0 Å². The summed E-state index contributed by atoms with van der Waals surface area (Å²) >= 11 is 0. The van der Waals surface area contributed by atoms with Gasteiger partial charge < -0.3 is 15.5 Å². The molecule has 0 radical (unpaired) electrons. The molecule has 4 rings (SSSR count). The molecular weight excluding hydrogens is 408 g/mol. The molecular formula is C26H31F2N3O. The second-order valence-electron chi connectivity index (χ2n) is 9.28. The fourth-order valence-electron chi connectivity index (χ4n) is 4.72. The number of nitrogens with zero attached hydrogens (tertiary/aromatic N) is 2. The zero-order chi connectivity index (χ0) is 22.9. The first kappa shape index (κ1) is 22.6. The third-order valence-corrected chi connectivity index (χ3v) is 6.62. The predicted octanol–water partition coefficient (Wildman–Crippen LogP) is 4.17. The zero-order valence-electron chi connectivity index (χ0n) is 18.7. The zero-order valence-corrected chi connectivity index (χ0v) is 18.7. The first-order valence-corrected chi connectivity index (χ1v) is 11.3. The van der Waals surface area contributed by atoms with Crippen LogP contribution in [0.2, 0.25) is 0 Å². The largest absolute Gasteiger partial charge is 0.324 e. The Morgan fingerprint density at radius 3 is 2.56 bits per heavy atom. The van der Waals surface area contributed by atoms with E-state index >= 15 is 0 Å². The molecule has 1 amide bonds. The molecule has 1 heterocycles. The number of rotatable bonds is 8. The summed E-state index contributed by atoms with van der Waals surface area (Å²) in [7, 11) is 4.03. The van der Waals surface area contributed by atoms with Crippen molar-refractivity contribution in [3.63, 3.8) is 0 Å². The average Bonchev–Trinajstić information content (AvgIpc) is 3.56. The molecule has 0 unspecified atom stereocenters. The van der Waals surface area contributed by atoms with E-state index < -0.39 is 23.2 Å². The van der Waals surface area contributed by atoms with Crippen LogP contribution in [-0.2, 0) is 10.3 Å². The first-order chi connectivity index (χ1) is 15.3. The molecule has 170 valence electrons. The Kier molecular flexibility index (Phi) is 6.45. The molecule has 1 aliphatic heterocycles. The van der Waals surface area contributed by atoms with Crippen LogP contribution in [0.15, 0.2) is 54.6 Å². The van der Waals surface area contributed by atoms with Crippen molar-refractivity contribution in [2.24, 2.45) is 11.7 Å². The van der Waals surface area contributed by atoms with Gasteiger partial charge >= 0.3 is 0 Å². The van der Waals surface area contributed by atoms with Crippen LogP contribution in [0.3, 0.4) is 0 Å². The summed E-state index contributed by atoms with van der Waals surface area (Å²) < 4.78 is 28.7. The Balaban J connectivity index is 1.81. The number of amides is 1. The van der Waals surface area contributed by atoms with E-state index in [9.17, 15) is 13.6 Å². The van der Waals surface area contributed by atoms with Gasteiger partial charge in [-0.1, -0.05) is 30.3 Å². The first-order valence-electron chi connectivity index (χ1n) is 11.3. The Labute approximate surface area is 188 Å². The molecule has 32 heavy (non-hydrogen) atoms. The highest BCUT2D eigenvalue weighted by Gasteiger charge is 2.47. The van der Waals surface area contributed by atoms with Crippen molar-refractivity contribution in [2.45, 2.75) is 37.3 Å². The molecule has 1 aliphatic carbocycles. The monoisotopic (exact) mass is 439 g/mol. The number of halogens is 2. The van der Waals surface area contributed by atoms with Gasteiger partial charge in [0, 0.05) is 12.1 Å². The number of hydrogen-bond acceptors (Lipinski definition) is 3. The second kappa shape index (κ2) is 9.12. The van der Waals surface area contributed by atoms with Crippen molar-refractivity contribution in [3.05, 3.63) is 77.4 Å². The molecule has 0 spiro atoms. The lowest BCUT2D eigenvalue weighted by atomic mass is 9.83. The summed E-state index contributed by atoms with van der Waals surface area (Å²) in [5.41, 5.74) is 7.38. The van der Waals surface area contributed by atoms with E-state index in [1.807, 2.05) is 50.5 Å². The van der Waals surface area contributed by atoms with Crippen LogP contribution in [-0.4, -0.2) is 48.9 Å². The summed E-state index contributed by atoms with van der Waals surface area (Å²) in [6.07, 6.45) is 5.38. The molecule has 2 aliphatic rings. The Bertz CT molecular complexity index is 1000. The van der Waals surface area contributed by atoms with E-state index in [-0.39, 0.29) is 23.9 Å². The predicted molar refractivity (Wildman–Crippen MR) is 123 cm³/mol.